The number of aryl methyl sites for hydroxylation is 2. The van der Waals surface area contributed by atoms with Crippen LogP contribution >= 0.6 is 0 Å². The van der Waals surface area contributed by atoms with E-state index in [1.807, 2.05) is 19.9 Å². The highest BCUT2D eigenvalue weighted by molar-refractivity contribution is 5.85. The maximum Gasteiger partial charge on any atom is 0.351 e. The van der Waals surface area contributed by atoms with Crippen LogP contribution < -0.4 is 9.47 Å². The van der Waals surface area contributed by atoms with E-state index >= 15 is 0 Å². The molecule has 0 unspecified atom stereocenters. The second-order valence-corrected chi connectivity index (χ2v) is 10.1. The van der Waals surface area contributed by atoms with Gasteiger partial charge in [-0.05, 0) is 69.9 Å². The van der Waals surface area contributed by atoms with Gasteiger partial charge in [-0.2, -0.15) is 0 Å². The van der Waals surface area contributed by atoms with Crippen molar-refractivity contribution in [3.05, 3.63) is 70.3 Å². The summed E-state index contributed by atoms with van der Waals surface area (Å²) < 4.78 is 18.1. The molecular weight excluding hydrogens is 388 g/mol. The van der Waals surface area contributed by atoms with Crippen LogP contribution in [0.25, 0.3) is 0 Å². The minimum absolute atomic E-state index is 0.0878. The molecule has 31 heavy (non-hydrogen) atoms. The molecule has 0 saturated heterocycles. The van der Waals surface area contributed by atoms with Gasteiger partial charge >= 0.3 is 5.97 Å². The Bertz CT molecular complexity index is 1160. The summed E-state index contributed by atoms with van der Waals surface area (Å²) >= 11 is 0. The van der Waals surface area contributed by atoms with Crippen LogP contribution in [-0.2, 0) is 20.4 Å². The second kappa shape index (κ2) is 5.93. The molecule has 0 amide bonds. The molecule has 0 aromatic heterocycles. The van der Waals surface area contributed by atoms with Crippen LogP contribution in [0, 0.1) is 13.8 Å². The van der Waals surface area contributed by atoms with Gasteiger partial charge in [-0.3, -0.25) is 0 Å². The van der Waals surface area contributed by atoms with Crippen molar-refractivity contribution in [2.45, 2.75) is 70.0 Å². The van der Waals surface area contributed by atoms with Crippen molar-refractivity contribution in [1.82, 2.24) is 0 Å². The summed E-state index contributed by atoms with van der Waals surface area (Å²) in [5.74, 6) is 1.33. The van der Waals surface area contributed by atoms with Crippen molar-refractivity contribution in [2.75, 3.05) is 7.11 Å². The minimum Gasteiger partial charge on any atom is -0.482 e. The second-order valence-electron chi connectivity index (χ2n) is 10.1. The minimum atomic E-state index is -1.16. The van der Waals surface area contributed by atoms with Gasteiger partial charge in [0.05, 0.1) is 12.5 Å². The molecule has 2 aliphatic heterocycles. The molecule has 4 heteroatoms. The van der Waals surface area contributed by atoms with E-state index in [4.69, 9.17) is 14.2 Å². The molecule has 5 rings (SSSR count). The van der Waals surface area contributed by atoms with Crippen LogP contribution in [0.15, 0.2) is 48.0 Å². The highest BCUT2D eigenvalue weighted by atomic mass is 16.6. The van der Waals surface area contributed by atoms with Crippen LogP contribution in [0.3, 0.4) is 0 Å². The van der Waals surface area contributed by atoms with Gasteiger partial charge in [0.25, 0.3) is 0 Å². The Hall–Kier alpha value is -2.75. The lowest BCUT2D eigenvalue weighted by molar-refractivity contribution is -0.159. The summed E-state index contributed by atoms with van der Waals surface area (Å²) in [6, 6.07) is 12.6. The van der Waals surface area contributed by atoms with Crippen molar-refractivity contribution in [2.24, 2.45) is 0 Å². The van der Waals surface area contributed by atoms with Crippen LogP contribution in [0.5, 0.6) is 11.5 Å². The lowest BCUT2D eigenvalue weighted by Gasteiger charge is -2.53. The van der Waals surface area contributed by atoms with Gasteiger partial charge in [0.1, 0.15) is 17.1 Å². The number of esters is 1. The fourth-order valence-electron chi connectivity index (χ4n) is 5.81. The van der Waals surface area contributed by atoms with Gasteiger partial charge in [-0.15, -0.1) is 0 Å². The molecule has 0 bridgehead atoms. The first-order valence-corrected chi connectivity index (χ1v) is 10.9. The lowest BCUT2D eigenvalue weighted by atomic mass is 9.52. The predicted molar refractivity (Wildman–Crippen MR) is 120 cm³/mol. The molecule has 1 saturated carbocycles. The smallest absolute Gasteiger partial charge is 0.351 e. The molecule has 0 radical (unpaired) electrons. The van der Waals surface area contributed by atoms with Crippen LogP contribution in [0.1, 0.15) is 56.4 Å². The summed E-state index contributed by atoms with van der Waals surface area (Å²) in [5, 5.41) is 0. The average molecular weight is 419 g/mol. The first-order chi connectivity index (χ1) is 14.5. The largest absolute Gasteiger partial charge is 0.482 e. The van der Waals surface area contributed by atoms with E-state index in [9.17, 15) is 4.79 Å². The molecule has 1 aliphatic carbocycles. The Morgan fingerprint density at radius 1 is 0.935 bits per heavy atom. The van der Waals surface area contributed by atoms with E-state index in [1.165, 1.54) is 23.8 Å². The third-order valence-corrected chi connectivity index (χ3v) is 8.29. The number of carbonyl (C=O) groups is 1. The molecule has 0 spiro atoms. The zero-order valence-electron chi connectivity index (χ0n) is 19.4. The first-order valence-electron chi connectivity index (χ1n) is 10.9. The SMILES string of the molecule is COC(=O)[C@]1(C)Oc2cc(C)ccc2[C@]1(C)/C=C1\C[C@]2(C)c3ccc(C)cc3O[C@]12C. The molecular formula is C27H30O4. The average Bonchev–Trinajstić information content (AvgIpc) is 3.03. The van der Waals surface area contributed by atoms with Crippen molar-refractivity contribution < 1.29 is 19.0 Å². The van der Waals surface area contributed by atoms with E-state index < -0.39 is 16.6 Å². The number of carbonyl (C=O) groups excluding carboxylic acids is 1. The number of rotatable bonds is 2. The Labute approximate surface area is 184 Å². The van der Waals surface area contributed by atoms with Crippen molar-refractivity contribution in [1.29, 1.82) is 0 Å². The highest BCUT2D eigenvalue weighted by Crippen LogP contribution is 2.65. The Morgan fingerprint density at radius 3 is 2.13 bits per heavy atom. The summed E-state index contributed by atoms with van der Waals surface area (Å²) in [4.78, 5) is 13.0. The van der Waals surface area contributed by atoms with Gasteiger partial charge in [0.15, 0.2) is 0 Å². The first kappa shape index (κ1) is 20.2. The van der Waals surface area contributed by atoms with Crippen molar-refractivity contribution in [3.8, 4) is 11.5 Å². The monoisotopic (exact) mass is 418 g/mol. The van der Waals surface area contributed by atoms with Crippen molar-refractivity contribution >= 4 is 5.97 Å². The fourth-order valence-corrected chi connectivity index (χ4v) is 5.81. The number of ether oxygens (including phenoxy) is 3. The molecule has 2 aromatic rings. The van der Waals surface area contributed by atoms with Gasteiger partial charge < -0.3 is 14.2 Å². The number of methoxy groups -OCH3 is 1. The van der Waals surface area contributed by atoms with Crippen LogP contribution in [0.4, 0.5) is 0 Å². The number of fused-ring (bicyclic) bond motifs is 4. The fraction of sp³-hybridized carbons (Fsp3) is 0.444. The van der Waals surface area contributed by atoms with Gasteiger partial charge in [-0.25, -0.2) is 4.79 Å². The Balaban J connectivity index is 1.64. The van der Waals surface area contributed by atoms with Gasteiger partial charge in [-0.1, -0.05) is 37.3 Å². The molecule has 3 aliphatic rings. The zero-order valence-corrected chi connectivity index (χ0v) is 19.4. The molecule has 2 heterocycles. The molecule has 1 fully saturated rings. The normalized spacial score (nSPS) is 36.0. The maximum absolute atomic E-state index is 13.0. The van der Waals surface area contributed by atoms with Crippen LogP contribution in [0.2, 0.25) is 0 Å². The van der Waals surface area contributed by atoms with Gasteiger partial charge in [0.2, 0.25) is 5.60 Å². The Morgan fingerprint density at radius 2 is 1.52 bits per heavy atom. The van der Waals surface area contributed by atoms with Crippen molar-refractivity contribution in [3.63, 3.8) is 0 Å². The maximum atomic E-state index is 13.0. The topological polar surface area (TPSA) is 44.8 Å². The molecule has 0 N–H and O–H groups in total. The highest BCUT2D eigenvalue weighted by Gasteiger charge is 2.67. The predicted octanol–water partition coefficient (Wildman–Crippen LogP) is 5.32. The van der Waals surface area contributed by atoms with E-state index in [2.05, 4.69) is 64.1 Å². The summed E-state index contributed by atoms with van der Waals surface area (Å²) in [7, 11) is 1.42. The van der Waals surface area contributed by atoms with E-state index in [1.54, 1.807) is 0 Å². The number of benzene rings is 2. The van der Waals surface area contributed by atoms with E-state index in [0.717, 1.165) is 29.0 Å². The van der Waals surface area contributed by atoms with E-state index in [-0.39, 0.29) is 11.4 Å². The molecule has 4 nitrogen and oxygen atoms in total. The molecule has 162 valence electrons. The molecule has 2 aromatic carbocycles. The number of hydrogen-bond donors (Lipinski definition) is 0. The quantitative estimate of drug-likeness (QED) is 0.489. The van der Waals surface area contributed by atoms with Gasteiger partial charge in [0, 0.05) is 16.5 Å². The van der Waals surface area contributed by atoms with E-state index in [0.29, 0.717) is 0 Å². The van der Waals surface area contributed by atoms with Crippen LogP contribution in [-0.4, -0.2) is 24.3 Å². The third-order valence-electron chi connectivity index (χ3n) is 8.29. The zero-order chi connectivity index (χ0) is 22.4. The third kappa shape index (κ3) is 2.28. The molecule has 4 atom stereocenters. The Kier molecular flexibility index (Phi) is 3.86. The summed E-state index contributed by atoms with van der Waals surface area (Å²) in [5.41, 5.74) is 3.36. The summed E-state index contributed by atoms with van der Waals surface area (Å²) in [6.45, 7) is 12.5. The lowest BCUT2D eigenvalue weighted by Crippen LogP contribution is -2.60. The standard InChI is InChI=1S/C27H30O4/c1-16-8-10-19-21(12-16)30-26(5)18(14-24(19,26)3)15-25(4)20-11-9-17(2)13-22(20)31-27(25,6)23(28)29-7/h8-13,15H,14H2,1-7H3/b18-15+/t24-,25+,26-,27+/m1/s1. The number of hydrogen-bond acceptors (Lipinski definition) is 4. The summed E-state index contributed by atoms with van der Waals surface area (Å²) in [6.07, 6.45) is 3.10.